The average Bonchev–Trinajstić information content (AvgIpc) is 2.63. The minimum atomic E-state index is -0.800. The van der Waals surface area contributed by atoms with E-state index in [2.05, 4.69) is 10.5 Å². The van der Waals surface area contributed by atoms with E-state index >= 15 is 0 Å². The van der Waals surface area contributed by atoms with E-state index in [0.717, 1.165) is 11.3 Å². The first-order valence-electron chi connectivity index (χ1n) is 7.86. The predicted molar refractivity (Wildman–Crippen MR) is 95.5 cm³/mol. The van der Waals surface area contributed by atoms with Crippen LogP contribution in [0.3, 0.4) is 0 Å². The third-order valence-corrected chi connectivity index (χ3v) is 3.29. The van der Waals surface area contributed by atoms with Crippen LogP contribution in [0.1, 0.15) is 25.0 Å². The van der Waals surface area contributed by atoms with Crippen LogP contribution in [0.5, 0.6) is 5.75 Å². The maximum absolute atomic E-state index is 12.1. The molecule has 0 aliphatic carbocycles. The molecule has 0 aromatic heterocycles. The number of anilines is 1. The van der Waals surface area contributed by atoms with Gasteiger partial charge in [0.1, 0.15) is 11.8 Å². The zero-order valence-corrected chi connectivity index (χ0v) is 14.1. The molecule has 2 aromatic carbocycles. The summed E-state index contributed by atoms with van der Waals surface area (Å²) in [6.45, 7) is 4.11. The second-order valence-electron chi connectivity index (χ2n) is 5.13. The highest BCUT2D eigenvalue weighted by Gasteiger charge is 2.15. The van der Waals surface area contributed by atoms with E-state index in [1.54, 1.807) is 31.2 Å². The van der Waals surface area contributed by atoms with Crippen molar-refractivity contribution in [2.45, 2.75) is 20.0 Å². The lowest BCUT2D eigenvalue weighted by Crippen LogP contribution is -2.26. The van der Waals surface area contributed by atoms with Crippen LogP contribution < -0.4 is 10.1 Å². The number of rotatable bonds is 7. The Kier molecular flexibility index (Phi) is 6.55. The first kappa shape index (κ1) is 18.0. The number of nitrogens with one attached hydrogen (secondary N) is 1. The van der Waals surface area contributed by atoms with Gasteiger partial charge >= 0.3 is 0 Å². The molecular weight excluding hydrogens is 318 g/mol. The molecule has 6 nitrogen and oxygen atoms in total. The third kappa shape index (κ3) is 5.36. The van der Waals surface area contributed by atoms with Crippen LogP contribution in [0.2, 0.25) is 0 Å². The summed E-state index contributed by atoms with van der Waals surface area (Å²) in [5.41, 5.74) is 1.66. The molecule has 0 spiro atoms. The maximum Gasteiger partial charge on any atom is 0.268 e. The largest absolute Gasteiger partial charge is 0.494 e. The van der Waals surface area contributed by atoms with Crippen LogP contribution in [-0.4, -0.2) is 24.8 Å². The third-order valence-electron chi connectivity index (χ3n) is 3.29. The Bertz CT molecular complexity index is 779. The summed E-state index contributed by atoms with van der Waals surface area (Å²) < 4.78 is 5.36. The lowest BCUT2D eigenvalue weighted by Gasteiger charge is -2.11. The van der Waals surface area contributed by atoms with Crippen molar-refractivity contribution in [2.24, 2.45) is 5.16 Å². The van der Waals surface area contributed by atoms with E-state index in [9.17, 15) is 4.79 Å². The molecule has 128 valence electrons. The number of hydrogen-bond donors (Lipinski definition) is 1. The summed E-state index contributed by atoms with van der Waals surface area (Å²) in [4.78, 5) is 17.3. The molecule has 1 amide bonds. The van der Waals surface area contributed by atoms with Crippen LogP contribution in [0.15, 0.2) is 53.7 Å². The molecule has 2 aromatic rings. The molecule has 6 heteroatoms. The molecule has 0 aliphatic heterocycles. The normalized spacial score (nSPS) is 11.6. The first-order valence-corrected chi connectivity index (χ1v) is 7.86. The fourth-order valence-corrected chi connectivity index (χ4v) is 1.97. The van der Waals surface area contributed by atoms with Crippen LogP contribution in [0.4, 0.5) is 5.69 Å². The fraction of sp³-hybridized carbons (Fsp3) is 0.211. The zero-order valence-electron chi connectivity index (χ0n) is 14.1. The summed E-state index contributed by atoms with van der Waals surface area (Å²) in [5.74, 6) is 0.399. The van der Waals surface area contributed by atoms with Crippen molar-refractivity contribution in [2.75, 3.05) is 11.9 Å². The maximum atomic E-state index is 12.1. The van der Waals surface area contributed by atoms with Gasteiger partial charge in [-0.15, -0.1) is 0 Å². The fourth-order valence-electron chi connectivity index (χ4n) is 1.97. The number of carbonyl (C=O) groups excluding carboxylic acids is 1. The van der Waals surface area contributed by atoms with Gasteiger partial charge in [-0.2, -0.15) is 5.26 Å². The average molecular weight is 337 g/mol. The van der Waals surface area contributed by atoms with Crippen molar-refractivity contribution in [3.63, 3.8) is 0 Å². The van der Waals surface area contributed by atoms with Crippen LogP contribution in [-0.2, 0) is 9.63 Å². The highest BCUT2D eigenvalue weighted by Crippen LogP contribution is 2.14. The van der Waals surface area contributed by atoms with Crippen molar-refractivity contribution in [1.82, 2.24) is 0 Å². The second-order valence-corrected chi connectivity index (χ2v) is 5.13. The monoisotopic (exact) mass is 337 g/mol. The van der Waals surface area contributed by atoms with Gasteiger partial charge in [0.15, 0.2) is 0 Å². The van der Waals surface area contributed by atoms with Gasteiger partial charge < -0.3 is 14.9 Å². The Hall–Kier alpha value is -3.33. The van der Waals surface area contributed by atoms with Gasteiger partial charge in [0.25, 0.3) is 5.91 Å². The van der Waals surface area contributed by atoms with Gasteiger partial charge in [-0.25, -0.2) is 0 Å². The molecule has 1 atom stereocenters. The molecule has 2 rings (SSSR count). The number of amides is 1. The molecule has 0 radical (unpaired) electrons. The quantitative estimate of drug-likeness (QED) is 0.620. The molecule has 0 heterocycles. The Balaban J connectivity index is 1.89. The molecule has 0 saturated carbocycles. The van der Waals surface area contributed by atoms with E-state index in [1.807, 2.05) is 37.3 Å². The van der Waals surface area contributed by atoms with Crippen molar-refractivity contribution in [3.8, 4) is 11.8 Å². The second kappa shape index (κ2) is 9.08. The molecule has 0 fully saturated rings. The Morgan fingerprint density at radius 3 is 2.68 bits per heavy atom. The molecule has 0 saturated heterocycles. The highest BCUT2D eigenvalue weighted by atomic mass is 16.6. The number of benzene rings is 2. The molecule has 25 heavy (non-hydrogen) atoms. The van der Waals surface area contributed by atoms with Crippen molar-refractivity contribution in [1.29, 1.82) is 5.26 Å². The number of para-hydroxylation sites is 1. The van der Waals surface area contributed by atoms with Gasteiger partial charge in [0.05, 0.1) is 24.1 Å². The van der Waals surface area contributed by atoms with E-state index < -0.39 is 6.10 Å². The molecular formula is C19H19N3O3. The van der Waals surface area contributed by atoms with Crippen LogP contribution >= 0.6 is 0 Å². The van der Waals surface area contributed by atoms with Crippen molar-refractivity contribution < 1.29 is 14.4 Å². The summed E-state index contributed by atoms with van der Waals surface area (Å²) in [6.07, 6.45) is 0.716. The van der Waals surface area contributed by atoms with E-state index in [1.165, 1.54) is 6.21 Å². The van der Waals surface area contributed by atoms with Gasteiger partial charge in [0.2, 0.25) is 6.10 Å². The smallest absolute Gasteiger partial charge is 0.268 e. The molecule has 0 unspecified atom stereocenters. The van der Waals surface area contributed by atoms with Crippen LogP contribution in [0.25, 0.3) is 0 Å². The minimum absolute atomic E-state index is 0.383. The minimum Gasteiger partial charge on any atom is -0.494 e. The lowest BCUT2D eigenvalue weighted by molar-refractivity contribution is -0.126. The van der Waals surface area contributed by atoms with Gasteiger partial charge in [-0.1, -0.05) is 17.3 Å². The Morgan fingerprint density at radius 1 is 1.28 bits per heavy atom. The summed E-state index contributed by atoms with van der Waals surface area (Å²) in [7, 11) is 0. The van der Waals surface area contributed by atoms with Gasteiger partial charge in [0, 0.05) is 0 Å². The number of carbonyl (C=O) groups is 1. The highest BCUT2D eigenvalue weighted by molar-refractivity contribution is 5.95. The summed E-state index contributed by atoms with van der Waals surface area (Å²) in [5, 5.41) is 15.5. The zero-order chi connectivity index (χ0) is 18.1. The molecule has 1 N–H and O–H groups in total. The van der Waals surface area contributed by atoms with E-state index in [0.29, 0.717) is 17.9 Å². The molecule has 0 bridgehead atoms. The van der Waals surface area contributed by atoms with E-state index in [4.69, 9.17) is 14.8 Å². The van der Waals surface area contributed by atoms with Crippen LogP contribution in [0, 0.1) is 11.3 Å². The predicted octanol–water partition coefficient (Wildman–Crippen LogP) is 3.33. The number of nitrogens with zero attached hydrogens (tertiary/aromatic N) is 2. The summed E-state index contributed by atoms with van der Waals surface area (Å²) >= 11 is 0. The van der Waals surface area contributed by atoms with Crippen molar-refractivity contribution >= 4 is 17.8 Å². The topological polar surface area (TPSA) is 83.7 Å². The Morgan fingerprint density at radius 2 is 2.00 bits per heavy atom. The Labute approximate surface area is 146 Å². The standard InChI is InChI=1S/C19H19N3O3/c1-3-24-17-10-8-15(9-11-17)13-21-25-14(2)19(23)22-18-7-5-4-6-16(18)12-20/h4-11,13-14H,3H2,1-2H3,(H,22,23)/b21-13-/t14-/m1/s1. The van der Waals surface area contributed by atoms with E-state index in [-0.39, 0.29) is 5.91 Å². The first-order chi connectivity index (χ1) is 12.1. The number of oxime groups is 1. The number of ether oxygens (including phenoxy) is 1. The summed E-state index contributed by atoms with van der Waals surface area (Å²) in [6, 6.07) is 16.1. The van der Waals surface area contributed by atoms with Gasteiger partial charge in [-0.05, 0) is 55.8 Å². The lowest BCUT2D eigenvalue weighted by atomic mass is 10.2. The number of nitriles is 1. The van der Waals surface area contributed by atoms with Crippen molar-refractivity contribution in [3.05, 3.63) is 59.7 Å². The van der Waals surface area contributed by atoms with Gasteiger partial charge in [-0.3, -0.25) is 4.79 Å². The number of hydrogen-bond acceptors (Lipinski definition) is 5. The SMILES string of the molecule is CCOc1ccc(/C=N\O[C@H](C)C(=O)Nc2ccccc2C#N)cc1. The molecule has 0 aliphatic rings.